The maximum Gasteiger partial charge on any atom is 0.150 e. The lowest BCUT2D eigenvalue weighted by atomic mass is 10.1. The molecule has 0 fully saturated rings. The molecule has 0 aliphatic heterocycles. The zero-order valence-corrected chi connectivity index (χ0v) is 8.28. The number of aromatic nitrogens is 1. The van der Waals surface area contributed by atoms with E-state index in [9.17, 15) is 4.79 Å². The van der Waals surface area contributed by atoms with E-state index in [0.717, 1.165) is 21.7 Å². The van der Waals surface area contributed by atoms with Gasteiger partial charge in [-0.2, -0.15) is 0 Å². The Kier molecular flexibility index (Phi) is 2.10. The minimum absolute atomic E-state index is 0.695. The molecule has 0 N–H and O–H groups in total. The number of halogens is 1. The van der Waals surface area contributed by atoms with Gasteiger partial charge in [-0.1, -0.05) is 18.2 Å². The third-order valence-corrected chi connectivity index (χ3v) is 2.55. The third-order valence-electron chi connectivity index (χ3n) is 1.92. The van der Waals surface area contributed by atoms with Crippen molar-refractivity contribution in [1.29, 1.82) is 0 Å². The van der Waals surface area contributed by atoms with Crippen molar-refractivity contribution >= 4 is 33.0 Å². The zero-order chi connectivity index (χ0) is 9.26. The first kappa shape index (κ1) is 8.38. The Labute approximate surface area is 83.7 Å². The molecule has 2 nitrogen and oxygen atoms in total. The molecule has 0 saturated heterocycles. The van der Waals surface area contributed by atoms with Gasteiger partial charge in [-0.25, -0.2) is 4.98 Å². The van der Waals surface area contributed by atoms with Crippen LogP contribution in [0.4, 0.5) is 0 Å². The van der Waals surface area contributed by atoms with Gasteiger partial charge in [0.1, 0.15) is 4.60 Å². The molecule has 0 aliphatic rings. The maximum absolute atomic E-state index is 10.7. The van der Waals surface area contributed by atoms with Gasteiger partial charge < -0.3 is 0 Å². The fraction of sp³-hybridized carbons (Fsp3) is 0. The molecular weight excluding hydrogens is 230 g/mol. The van der Waals surface area contributed by atoms with Crippen LogP contribution in [0.3, 0.4) is 0 Å². The Morgan fingerprint density at radius 1 is 1.23 bits per heavy atom. The summed E-state index contributed by atoms with van der Waals surface area (Å²) in [5, 5.41) is 1.89. The molecule has 0 spiro atoms. The van der Waals surface area contributed by atoms with E-state index in [1.807, 2.05) is 18.2 Å². The summed E-state index contributed by atoms with van der Waals surface area (Å²) in [7, 11) is 0. The molecule has 64 valence electrons. The summed E-state index contributed by atoms with van der Waals surface area (Å²) in [4.78, 5) is 14.8. The van der Waals surface area contributed by atoms with Crippen LogP contribution in [-0.4, -0.2) is 11.3 Å². The van der Waals surface area contributed by atoms with Crippen LogP contribution >= 0.6 is 15.9 Å². The highest BCUT2D eigenvalue weighted by Crippen LogP contribution is 2.23. The molecule has 2 rings (SSSR count). The molecule has 3 heteroatoms. The minimum atomic E-state index is 0.695. The summed E-state index contributed by atoms with van der Waals surface area (Å²) in [6.45, 7) is 0. The zero-order valence-electron chi connectivity index (χ0n) is 6.70. The normalized spacial score (nSPS) is 10.2. The van der Waals surface area contributed by atoms with E-state index >= 15 is 0 Å². The van der Waals surface area contributed by atoms with E-state index in [2.05, 4.69) is 20.9 Å². The predicted molar refractivity (Wildman–Crippen MR) is 54.8 cm³/mol. The molecule has 0 bridgehead atoms. The molecule has 0 atom stereocenters. The van der Waals surface area contributed by atoms with Crippen LogP contribution in [0, 0.1) is 0 Å². The highest BCUT2D eigenvalue weighted by molar-refractivity contribution is 9.10. The van der Waals surface area contributed by atoms with Crippen molar-refractivity contribution in [3.63, 3.8) is 0 Å². The van der Waals surface area contributed by atoms with Crippen molar-refractivity contribution < 1.29 is 4.79 Å². The standard InChI is InChI=1S/C10H6BrNO/c11-10-9-3-1-2-7(6-13)8(9)4-5-12-10/h1-6H. The Morgan fingerprint density at radius 2 is 2.08 bits per heavy atom. The number of benzene rings is 1. The van der Waals surface area contributed by atoms with Crippen molar-refractivity contribution in [1.82, 2.24) is 4.98 Å². The van der Waals surface area contributed by atoms with E-state index in [4.69, 9.17) is 0 Å². The summed E-state index contributed by atoms with van der Waals surface area (Å²) in [5.74, 6) is 0. The van der Waals surface area contributed by atoms with Crippen molar-refractivity contribution in [3.05, 3.63) is 40.6 Å². The van der Waals surface area contributed by atoms with Crippen LogP contribution in [0.2, 0.25) is 0 Å². The Balaban J connectivity index is 2.92. The largest absolute Gasteiger partial charge is 0.298 e. The first-order valence-corrected chi connectivity index (χ1v) is 4.60. The van der Waals surface area contributed by atoms with E-state index in [-0.39, 0.29) is 0 Å². The molecule has 0 saturated carbocycles. The molecular formula is C10H6BrNO. The van der Waals surface area contributed by atoms with Gasteiger partial charge in [0, 0.05) is 17.1 Å². The number of nitrogens with zero attached hydrogens (tertiary/aromatic N) is 1. The number of hydrogen-bond donors (Lipinski definition) is 0. The van der Waals surface area contributed by atoms with Gasteiger partial charge >= 0.3 is 0 Å². The van der Waals surface area contributed by atoms with Crippen molar-refractivity contribution in [2.24, 2.45) is 0 Å². The topological polar surface area (TPSA) is 30.0 Å². The fourth-order valence-corrected chi connectivity index (χ4v) is 1.76. The van der Waals surface area contributed by atoms with Gasteiger partial charge in [0.15, 0.2) is 6.29 Å². The molecule has 2 aromatic rings. The average molecular weight is 236 g/mol. The first-order chi connectivity index (χ1) is 6.33. The highest BCUT2D eigenvalue weighted by Gasteiger charge is 2.01. The predicted octanol–water partition coefficient (Wildman–Crippen LogP) is 2.81. The summed E-state index contributed by atoms with van der Waals surface area (Å²) in [5.41, 5.74) is 0.695. The quantitative estimate of drug-likeness (QED) is 0.562. The second kappa shape index (κ2) is 3.26. The number of hydrogen-bond acceptors (Lipinski definition) is 2. The molecule has 13 heavy (non-hydrogen) atoms. The van der Waals surface area contributed by atoms with Gasteiger partial charge in [0.25, 0.3) is 0 Å². The Morgan fingerprint density at radius 3 is 2.85 bits per heavy atom. The monoisotopic (exact) mass is 235 g/mol. The number of rotatable bonds is 1. The number of pyridine rings is 1. The number of aldehydes is 1. The van der Waals surface area contributed by atoms with Crippen LogP contribution < -0.4 is 0 Å². The number of carbonyl (C=O) groups excluding carboxylic acids is 1. The lowest BCUT2D eigenvalue weighted by Gasteiger charge is -2.00. The summed E-state index contributed by atoms with van der Waals surface area (Å²) >= 11 is 3.33. The highest BCUT2D eigenvalue weighted by atomic mass is 79.9. The second-order valence-corrected chi connectivity index (χ2v) is 3.41. The fourth-order valence-electron chi connectivity index (χ4n) is 1.30. The van der Waals surface area contributed by atoms with Crippen molar-refractivity contribution in [2.45, 2.75) is 0 Å². The van der Waals surface area contributed by atoms with Gasteiger partial charge in [0.05, 0.1) is 0 Å². The number of fused-ring (bicyclic) bond motifs is 1. The van der Waals surface area contributed by atoms with Gasteiger partial charge in [0.2, 0.25) is 0 Å². The van der Waals surface area contributed by atoms with E-state index < -0.39 is 0 Å². The molecule has 0 amide bonds. The average Bonchev–Trinajstić information content (AvgIpc) is 2.18. The lowest BCUT2D eigenvalue weighted by molar-refractivity contribution is 0.112. The number of carbonyl (C=O) groups is 1. The van der Waals surface area contributed by atoms with Crippen molar-refractivity contribution in [3.8, 4) is 0 Å². The first-order valence-electron chi connectivity index (χ1n) is 3.81. The summed E-state index contributed by atoms with van der Waals surface area (Å²) < 4.78 is 0.772. The lowest BCUT2D eigenvalue weighted by Crippen LogP contribution is -1.85. The summed E-state index contributed by atoms with van der Waals surface area (Å²) in [6, 6.07) is 7.41. The van der Waals surface area contributed by atoms with Gasteiger partial charge in [-0.05, 0) is 27.4 Å². The molecule has 1 aromatic heterocycles. The Bertz CT molecular complexity index is 467. The van der Waals surface area contributed by atoms with E-state index in [1.165, 1.54) is 0 Å². The molecule has 0 unspecified atom stereocenters. The van der Waals surface area contributed by atoms with Crippen molar-refractivity contribution in [2.75, 3.05) is 0 Å². The van der Waals surface area contributed by atoms with Crippen LogP contribution in [-0.2, 0) is 0 Å². The molecule has 1 aromatic carbocycles. The maximum atomic E-state index is 10.7. The van der Waals surface area contributed by atoms with Gasteiger partial charge in [-0.3, -0.25) is 4.79 Å². The smallest absolute Gasteiger partial charge is 0.150 e. The van der Waals surface area contributed by atoms with Crippen LogP contribution in [0.5, 0.6) is 0 Å². The third kappa shape index (κ3) is 1.35. The SMILES string of the molecule is O=Cc1cccc2c(Br)nccc12. The molecule has 0 radical (unpaired) electrons. The van der Waals surface area contributed by atoms with E-state index in [0.29, 0.717) is 5.56 Å². The second-order valence-electron chi connectivity index (χ2n) is 2.66. The molecule has 1 heterocycles. The van der Waals surface area contributed by atoms with E-state index in [1.54, 1.807) is 12.3 Å². The van der Waals surface area contributed by atoms with Gasteiger partial charge in [-0.15, -0.1) is 0 Å². The van der Waals surface area contributed by atoms with Crippen LogP contribution in [0.25, 0.3) is 10.8 Å². The summed E-state index contributed by atoms with van der Waals surface area (Å²) in [6.07, 6.45) is 2.54. The Hall–Kier alpha value is -1.22. The van der Waals surface area contributed by atoms with Crippen LogP contribution in [0.1, 0.15) is 10.4 Å². The van der Waals surface area contributed by atoms with Crippen LogP contribution in [0.15, 0.2) is 35.1 Å². The minimum Gasteiger partial charge on any atom is -0.298 e. The molecule has 0 aliphatic carbocycles.